The van der Waals surface area contributed by atoms with E-state index >= 15 is 0 Å². The fraction of sp³-hybridized carbons (Fsp3) is 0.333. The number of fused-ring (bicyclic) bond motifs is 4. The van der Waals surface area contributed by atoms with Crippen molar-refractivity contribution < 1.29 is 31.6 Å². The van der Waals surface area contributed by atoms with Crippen molar-refractivity contribution in [3.05, 3.63) is 35.4 Å². The molecule has 1 fully saturated rings. The molecule has 1 N–H and O–H groups in total. The third kappa shape index (κ3) is 2.21. The zero-order valence-electron chi connectivity index (χ0n) is 11.4. The highest BCUT2D eigenvalue weighted by molar-refractivity contribution is 7.80. The first-order chi connectivity index (χ1) is 10.3. The van der Waals surface area contributed by atoms with Crippen molar-refractivity contribution in [2.45, 2.75) is 12.1 Å². The largest absolute Gasteiger partial charge is 0.467 e. The van der Waals surface area contributed by atoms with Crippen molar-refractivity contribution in [2.24, 2.45) is 0 Å². The molecule has 10 heteroatoms. The van der Waals surface area contributed by atoms with Gasteiger partial charge in [0, 0.05) is 0 Å². The van der Waals surface area contributed by atoms with Gasteiger partial charge in [0.15, 0.2) is 6.04 Å². The Hall–Kier alpha value is -2.17. The molecule has 9 nitrogen and oxygen atoms in total. The van der Waals surface area contributed by atoms with Gasteiger partial charge in [0.25, 0.3) is 0 Å². The van der Waals surface area contributed by atoms with Crippen LogP contribution in [-0.4, -0.2) is 48.6 Å². The number of urea groups is 1. The number of carbonyl (C=O) groups is 2. The molecular weight excluding hydrogens is 316 g/mol. The second-order valence-electron chi connectivity index (χ2n) is 4.83. The van der Waals surface area contributed by atoms with Gasteiger partial charge < -0.3 is 9.64 Å². The number of hydrogen-bond donors (Lipinski definition) is 1. The Morgan fingerprint density at radius 3 is 2.55 bits per heavy atom. The third-order valence-corrected chi connectivity index (χ3v) is 4.00. The minimum Gasteiger partial charge on any atom is -0.467 e. The number of esters is 1. The van der Waals surface area contributed by atoms with E-state index in [0.29, 0.717) is 16.2 Å². The molecule has 2 aliphatic heterocycles. The van der Waals surface area contributed by atoms with Crippen LogP contribution in [0.2, 0.25) is 0 Å². The molecule has 1 saturated heterocycles. The van der Waals surface area contributed by atoms with E-state index in [1.807, 2.05) is 0 Å². The molecule has 22 heavy (non-hydrogen) atoms. The van der Waals surface area contributed by atoms with Gasteiger partial charge in [-0.05, 0) is 11.1 Å². The summed E-state index contributed by atoms with van der Waals surface area (Å²) in [6, 6.07) is 4.13. The van der Waals surface area contributed by atoms with Gasteiger partial charge in [0.1, 0.15) is 6.04 Å². The predicted molar refractivity (Wildman–Crippen MR) is 70.5 cm³/mol. The highest BCUT2D eigenvalue weighted by Gasteiger charge is 2.52. The molecule has 1 aromatic rings. The molecule has 1 aromatic carbocycles. The Balaban J connectivity index is 2.10. The van der Waals surface area contributed by atoms with Crippen LogP contribution in [0.1, 0.15) is 23.2 Å². The zero-order chi connectivity index (χ0) is 16.1. The summed E-state index contributed by atoms with van der Waals surface area (Å²) in [6.07, 6.45) is 0. The van der Waals surface area contributed by atoms with Crippen molar-refractivity contribution in [1.29, 1.82) is 0 Å². The molecule has 0 saturated carbocycles. The molecule has 2 heterocycles. The van der Waals surface area contributed by atoms with E-state index in [1.54, 1.807) is 24.3 Å². The summed E-state index contributed by atoms with van der Waals surface area (Å²) in [7, 11) is -3.66. The van der Waals surface area contributed by atoms with E-state index in [1.165, 1.54) is 7.11 Å². The highest BCUT2D eigenvalue weighted by atomic mass is 32.3. The minimum atomic E-state index is -4.86. The number of ether oxygens (including phenoxy) is 1. The zero-order valence-corrected chi connectivity index (χ0v) is 12.2. The number of benzene rings is 1. The summed E-state index contributed by atoms with van der Waals surface area (Å²) in [5.41, 5.74) is 1.09. The van der Waals surface area contributed by atoms with Crippen LogP contribution in [-0.2, 0) is 24.2 Å². The van der Waals surface area contributed by atoms with E-state index in [9.17, 15) is 18.0 Å². The Morgan fingerprint density at radius 1 is 1.32 bits per heavy atom. The molecule has 0 aromatic heterocycles. The van der Waals surface area contributed by atoms with E-state index in [-0.39, 0.29) is 6.54 Å². The number of hydroxylamine groups is 2. The smallest absolute Gasteiger partial charge is 0.418 e. The number of rotatable bonds is 3. The van der Waals surface area contributed by atoms with Crippen LogP contribution in [0.3, 0.4) is 0 Å². The second-order valence-corrected chi connectivity index (χ2v) is 5.84. The number of methoxy groups -OCH3 is 1. The summed E-state index contributed by atoms with van der Waals surface area (Å²) in [4.78, 5) is 25.5. The summed E-state index contributed by atoms with van der Waals surface area (Å²) in [5, 5.41) is 0.553. The van der Waals surface area contributed by atoms with Crippen LogP contribution in [0.5, 0.6) is 0 Å². The molecule has 2 bridgehead atoms. The van der Waals surface area contributed by atoms with Crippen molar-refractivity contribution >= 4 is 22.4 Å². The normalized spacial score (nSPS) is 23.5. The van der Waals surface area contributed by atoms with Crippen molar-refractivity contribution in [2.75, 3.05) is 13.7 Å². The van der Waals surface area contributed by atoms with Crippen LogP contribution < -0.4 is 0 Å². The number of hydrogen-bond acceptors (Lipinski definition) is 6. The maximum absolute atomic E-state index is 12.3. The molecule has 3 rings (SSSR count). The summed E-state index contributed by atoms with van der Waals surface area (Å²) in [6.45, 7) is 0.0468. The first-order valence-corrected chi connectivity index (χ1v) is 7.63. The second kappa shape index (κ2) is 4.93. The number of carbonyl (C=O) groups excluding carboxylic acids is 2. The lowest BCUT2D eigenvalue weighted by Crippen LogP contribution is -2.39. The topological polar surface area (TPSA) is 113 Å². The van der Waals surface area contributed by atoms with Crippen LogP contribution in [0.25, 0.3) is 0 Å². The Labute approximate surface area is 125 Å². The van der Waals surface area contributed by atoms with Crippen molar-refractivity contribution in [3.63, 3.8) is 0 Å². The fourth-order valence-electron chi connectivity index (χ4n) is 2.82. The van der Waals surface area contributed by atoms with Gasteiger partial charge in [-0.1, -0.05) is 24.3 Å². The van der Waals surface area contributed by atoms with Crippen molar-refractivity contribution in [3.8, 4) is 0 Å². The SMILES string of the molecule is COC(=O)C1c2ccccc2C2CN1C(=O)N2OS(=O)(=O)O. The Bertz CT molecular complexity index is 748. The van der Waals surface area contributed by atoms with Gasteiger partial charge in [0.2, 0.25) is 0 Å². The molecule has 2 aliphatic rings. The van der Waals surface area contributed by atoms with Crippen molar-refractivity contribution in [1.82, 2.24) is 9.96 Å². The predicted octanol–water partition coefficient (Wildman–Crippen LogP) is 0.427. The summed E-state index contributed by atoms with van der Waals surface area (Å²) >= 11 is 0. The van der Waals surface area contributed by atoms with Gasteiger partial charge in [-0.25, -0.2) is 9.59 Å². The van der Waals surface area contributed by atoms with Gasteiger partial charge in [-0.3, -0.25) is 4.55 Å². The molecule has 2 amide bonds. The maximum Gasteiger partial charge on any atom is 0.418 e. The van der Waals surface area contributed by atoms with E-state index in [4.69, 9.17) is 9.29 Å². The lowest BCUT2D eigenvalue weighted by molar-refractivity contribution is -0.146. The van der Waals surface area contributed by atoms with Crippen LogP contribution in [0.4, 0.5) is 4.79 Å². The number of amides is 2. The molecule has 0 aliphatic carbocycles. The molecule has 118 valence electrons. The monoisotopic (exact) mass is 328 g/mol. The summed E-state index contributed by atoms with van der Waals surface area (Å²) < 4.78 is 39.8. The molecule has 2 unspecified atom stereocenters. The van der Waals surface area contributed by atoms with Crippen LogP contribution in [0, 0.1) is 0 Å². The fourth-order valence-corrected chi connectivity index (χ4v) is 3.19. The highest BCUT2D eigenvalue weighted by Crippen LogP contribution is 2.44. The Morgan fingerprint density at radius 2 is 1.95 bits per heavy atom. The van der Waals surface area contributed by atoms with Gasteiger partial charge >= 0.3 is 22.4 Å². The van der Waals surface area contributed by atoms with E-state index < -0.39 is 34.5 Å². The van der Waals surface area contributed by atoms with Gasteiger partial charge in [0.05, 0.1) is 13.7 Å². The molecule has 0 radical (unpaired) electrons. The lowest BCUT2D eigenvalue weighted by atomic mass is 9.91. The first kappa shape index (κ1) is 14.8. The van der Waals surface area contributed by atoms with Gasteiger partial charge in [-0.15, -0.1) is 4.28 Å². The molecular formula is C12H12N2O7S. The summed E-state index contributed by atoms with van der Waals surface area (Å²) in [5.74, 6) is -0.645. The van der Waals surface area contributed by atoms with Crippen LogP contribution >= 0.6 is 0 Å². The quantitative estimate of drug-likeness (QED) is 0.632. The van der Waals surface area contributed by atoms with E-state index in [0.717, 1.165) is 4.90 Å². The average molecular weight is 328 g/mol. The van der Waals surface area contributed by atoms with Crippen LogP contribution in [0.15, 0.2) is 24.3 Å². The minimum absolute atomic E-state index is 0.0468. The maximum atomic E-state index is 12.3. The van der Waals surface area contributed by atoms with Gasteiger partial charge in [-0.2, -0.15) is 13.5 Å². The number of nitrogens with zero attached hydrogens (tertiary/aromatic N) is 2. The molecule has 0 spiro atoms. The van der Waals surface area contributed by atoms with E-state index in [2.05, 4.69) is 4.28 Å². The Kier molecular flexibility index (Phi) is 3.31. The molecule has 2 atom stereocenters. The first-order valence-electron chi connectivity index (χ1n) is 6.27. The average Bonchev–Trinajstić information content (AvgIpc) is 2.73. The lowest BCUT2D eigenvalue weighted by Gasteiger charge is -2.30. The standard InChI is InChI=1S/C12H12N2O7S/c1-20-11(15)10-8-5-3-2-4-7(8)9-6-13(10)12(16)14(9)21-22(17,18)19/h2-5,9-10H,6H2,1H3,(H,17,18,19). The third-order valence-electron chi connectivity index (χ3n) is 3.65.